The molecule has 7 heteroatoms. The Morgan fingerprint density at radius 2 is 1.81 bits per heavy atom. The maximum atomic E-state index is 12.1. The number of nitrogens with zero attached hydrogens (tertiary/aromatic N) is 2. The van der Waals surface area contributed by atoms with Crippen molar-refractivity contribution in [3.63, 3.8) is 0 Å². The molecule has 7 nitrogen and oxygen atoms in total. The summed E-state index contributed by atoms with van der Waals surface area (Å²) >= 11 is 0. The fourth-order valence-electron chi connectivity index (χ4n) is 2.95. The monoisotopic (exact) mass is 364 g/mol. The van der Waals surface area contributed by atoms with Crippen molar-refractivity contribution >= 4 is 11.7 Å². The van der Waals surface area contributed by atoms with Crippen LogP contribution in [0.5, 0.6) is 0 Å². The number of ether oxygens (including phenoxy) is 1. The number of anilines is 1. The summed E-state index contributed by atoms with van der Waals surface area (Å²) in [7, 11) is 0. The quantitative estimate of drug-likeness (QED) is 0.720. The second kappa shape index (κ2) is 8.01. The van der Waals surface area contributed by atoms with Crippen LogP contribution in [0.4, 0.5) is 10.5 Å². The average Bonchev–Trinajstić information content (AvgIpc) is 3.39. The summed E-state index contributed by atoms with van der Waals surface area (Å²) in [4.78, 5) is 12.1. The minimum Gasteiger partial charge on any atom is -0.416 e. The lowest BCUT2D eigenvalue weighted by Gasteiger charge is -2.12. The second-order valence-electron chi connectivity index (χ2n) is 6.33. The topological polar surface area (TPSA) is 89.3 Å². The van der Waals surface area contributed by atoms with Crippen LogP contribution in [-0.2, 0) is 4.74 Å². The van der Waals surface area contributed by atoms with Gasteiger partial charge < -0.3 is 19.8 Å². The summed E-state index contributed by atoms with van der Waals surface area (Å²) in [5.41, 5.74) is 2.25. The van der Waals surface area contributed by atoms with E-state index in [9.17, 15) is 4.79 Å². The Kier molecular flexibility index (Phi) is 5.11. The number of urea groups is 1. The number of amides is 2. The molecule has 0 saturated carbocycles. The van der Waals surface area contributed by atoms with E-state index >= 15 is 0 Å². The third kappa shape index (κ3) is 4.32. The largest absolute Gasteiger partial charge is 0.416 e. The summed E-state index contributed by atoms with van der Waals surface area (Å²) in [6.45, 7) is 1.28. The van der Waals surface area contributed by atoms with Crippen LogP contribution < -0.4 is 10.6 Å². The molecule has 1 unspecified atom stereocenters. The van der Waals surface area contributed by atoms with E-state index in [0.29, 0.717) is 24.0 Å². The van der Waals surface area contributed by atoms with E-state index in [2.05, 4.69) is 20.8 Å². The van der Waals surface area contributed by atoms with E-state index in [4.69, 9.17) is 9.15 Å². The number of hydrogen-bond acceptors (Lipinski definition) is 5. The number of benzene rings is 2. The summed E-state index contributed by atoms with van der Waals surface area (Å²) in [6.07, 6.45) is 2.14. The Morgan fingerprint density at radius 1 is 1.04 bits per heavy atom. The van der Waals surface area contributed by atoms with Crippen molar-refractivity contribution in [3.8, 4) is 22.9 Å². The third-order valence-electron chi connectivity index (χ3n) is 4.33. The summed E-state index contributed by atoms with van der Waals surface area (Å²) in [5.74, 6) is 0.857. The lowest BCUT2D eigenvalue weighted by atomic mass is 10.2. The van der Waals surface area contributed by atoms with Gasteiger partial charge in [0.25, 0.3) is 0 Å². The first-order valence-electron chi connectivity index (χ1n) is 8.94. The molecule has 2 amide bonds. The van der Waals surface area contributed by atoms with Crippen molar-refractivity contribution in [3.05, 3.63) is 54.6 Å². The van der Waals surface area contributed by atoms with E-state index in [0.717, 1.165) is 30.6 Å². The van der Waals surface area contributed by atoms with Crippen LogP contribution in [0, 0.1) is 0 Å². The Bertz CT molecular complexity index is 904. The molecular formula is C20H20N4O3. The molecule has 138 valence electrons. The van der Waals surface area contributed by atoms with Gasteiger partial charge in [0.2, 0.25) is 11.8 Å². The molecule has 2 aromatic carbocycles. The third-order valence-corrected chi connectivity index (χ3v) is 4.33. The van der Waals surface area contributed by atoms with Crippen LogP contribution in [0.25, 0.3) is 22.9 Å². The average molecular weight is 364 g/mol. The second-order valence-corrected chi connectivity index (χ2v) is 6.33. The summed E-state index contributed by atoms with van der Waals surface area (Å²) < 4.78 is 11.3. The number of carbonyl (C=O) groups is 1. The molecule has 1 saturated heterocycles. The van der Waals surface area contributed by atoms with Crippen molar-refractivity contribution < 1.29 is 13.9 Å². The number of aromatic nitrogens is 2. The molecule has 0 bridgehead atoms. The molecule has 1 aromatic heterocycles. The van der Waals surface area contributed by atoms with Crippen molar-refractivity contribution in [2.75, 3.05) is 18.5 Å². The van der Waals surface area contributed by atoms with Crippen molar-refractivity contribution in [1.82, 2.24) is 15.5 Å². The lowest BCUT2D eigenvalue weighted by molar-refractivity contribution is 0.112. The van der Waals surface area contributed by atoms with Crippen LogP contribution in [0.15, 0.2) is 59.0 Å². The SMILES string of the molecule is O=C(NCC1CCCO1)Nc1cccc(-c2nnc(-c3ccccc3)o2)c1. The van der Waals surface area contributed by atoms with Gasteiger partial charge >= 0.3 is 6.03 Å². The first-order chi connectivity index (χ1) is 13.3. The smallest absolute Gasteiger partial charge is 0.319 e. The highest BCUT2D eigenvalue weighted by Crippen LogP contribution is 2.25. The van der Waals surface area contributed by atoms with Crippen LogP contribution >= 0.6 is 0 Å². The van der Waals surface area contributed by atoms with Gasteiger partial charge in [0.15, 0.2) is 0 Å². The maximum absolute atomic E-state index is 12.1. The molecule has 0 aliphatic carbocycles. The highest BCUT2D eigenvalue weighted by atomic mass is 16.5. The van der Waals surface area contributed by atoms with Gasteiger partial charge in [-0.3, -0.25) is 0 Å². The van der Waals surface area contributed by atoms with Crippen molar-refractivity contribution in [2.45, 2.75) is 18.9 Å². The highest BCUT2D eigenvalue weighted by Gasteiger charge is 2.16. The van der Waals surface area contributed by atoms with Crippen molar-refractivity contribution in [1.29, 1.82) is 0 Å². The molecule has 2 N–H and O–H groups in total. The first kappa shape index (κ1) is 17.2. The molecule has 3 aromatic rings. The highest BCUT2D eigenvalue weighted by molar-refractivity contribution is 5.89. The summed E-state index contributed by atoms with van der Waals surface area (Å²) in [6, 6.07) is 16.6. The van der Waals surface area contributed by atoms with Crippen LogP contribution in [0.3, 0.4) is 0 Å². The van der Waals surface area contributed by atoms with Crippen molar-refractivity contribution in [2.24, 2.45) is 0 Å². The van der Waals surface area contributed by atoms with Gasteiger partial charge in [0.1, 0.15) is 0 Å². The standard InChI is InChI=1S/C20H20N4O3/c25-20(21-13-17-10-5-11-26-17)22-16-9-4-8-15(12-16)19-24-23-18(27-19)14-6-2-1-3-7-14/h1-4,6-9,12,17H,5,10-11,13H2,(H2,21,22,25). The molecule has 1 fully saturated rings. The van der Waals surface area contributed by atoms with Gasteiger partial charge in [-0.05, 0) is 43.2 Å². The number of nitrogens with one attached hydrogen (secondary N) is 2. The normalized spacial score (nSPS) is 16.2. The number of rotatable bonds is 5. The lowest BCUT2D eigenvalue weighted by Crippen LogP contribution is -2.35. The summed E-state index contributed by atoms with van der Waals surface area (Å²) in [5, 5.41) is 13.9. The van der Waals surface area contributed by atoms with E-state index in [1.807, 2.05) is 48.5 Å². The molecule has 1 aliphatic heterocycles. The molecular weight excluding hydrogens is 344 g/mol. The molecule has 0 spiro atoms. The van der Waals surface area contributed by atoms with Gasteiger partial charge in [-0.15, -0.1) is 10.2 Å². The predicted molar refractivity (Wildman–Crippen MR) is 101 cm³/mol. The molecule has 27 heavy (non-hydrogen) atoms. The van der Waals surface area contributed by atoms with E-state index in [1.54, 1.807) is 6.07 Å². The fourth-order valence-corrected chi connectivity index (χ4v) is 2.95. The molecule has 2 heterocycles. The molecule has 0 radical (unpaired) electrons. The number of hydrogen-bond donors (Lipinski definition) is 2. The molecule has 1 atom stereocenters. The first-order valence-corrected chi connectivity index (χ1v) is 8.94. The zero-order valence-corrected chi connectivity index (χ0v) is 14.7. The Labute approximate surface area is 156 Å². The Hall–Kier alpha value is -3.19. The van der Waals surface area contributed by atoms with Gasteiger partial charge in [-0.2, -0.15) is 0 Å². The Balaban J connectivity index is 1.41. The van der Waals surface area contributed by atoms with Gasteiger partial charge in [0.05, 0.1) is 6.10 Å². The Morgan fingerprint density at radius 3 is 2.59 bits per heavy atom. The van der Waals surface area contributed by atoms with Gasteiger partial charge in [0, 0.05) is 30.0 Å². The fraction of sp³-hybridized carbons (Fsp3) is 0.250. The zero-order chi connectivity index (χ0) is 18.5. The van der Waals surface area contributed by atoms with Crippen LogP contribution in [0.2, 0.25) is 0 Å². The molecule has 1 aliphatic rings. The van der Waals surface area contributed by atoms with E-state index in [-0.39, 0.29) is 12.1 Å². The van der Waals surface area contributed by atoms with E-state index in [1.165, 1.54) is 0 Å². The minimum atomic E-state index is -0.266. The van der Waals surface area contributed by atoms with Gasteiger partial charge in [-0.25, -0.2) is 4.79 Å². The molecule has 4 rings (SSSR count). The number of carbonyl (C=O) groups excluding carboxylic acids is 1. The van der Waals surface area contributed by atoms with E-state index < -0.39 is 0 Å². The minimum absolute atomic E-state index is 0.108. The van der Waals surface area contributed by atoms with Crippen LogP contribution in [-0.4, -0.2) is 35.5 Å². The van der Waals surface area contributed by atoms with Gasteiger partial charge in [-0.1, -0.05) is 24.3 Å². The zero-order valence-electron chi connectivity index (χ0n) is 14.7. The van der Waals surface area contributed by atoms with Crippen LogP contribution in [0.1, 0.15) is 12.8 Å². The maximum Gasteiger partial charge on any atom is 0.319 e. The predicted octanol–water partition coefficient (Wildman–Crippen LogP) is 3.70.